The highest BCUT2D eigenvalue weighted by molar-refractivity contribution is 6.03. The molecule has 2 aromatic heterocycles. The van der Waals surface area contributed by atoms with Gasteiger partial charge in [-0.05, 0) is 54.4 Å². The fraction of sp³-hybridized carbons (Fsp3) is 0.294. The highest BCUT2D eigenvalue weighted by Gasteiger charge is 2.37. The summed E-state index contributed by atoms with van der Waals surface area (Å²) in [5.41, 5.74) is 4.62. The molecule has 4 aromatic carbocycles. The van der Waals surface area contributed by atoms with Gasteiger partial charge in [-0.1, -0.05) is 84.3 Å². The van der Waals surface area contributed by atoms with Gasteiger partial charge in [-0.3, -0.25) is 34.1 Å². The molecule has 3 N–H and O–H groups in total. The van der Waals surface area contributed by atoms with E-state index in [1.165, 1.54) is 16.1 Å². The summed E-state index contributed by atoms with van der Waals surface area (Å²) in [5.74, 6) is 12.7. The van der Waals surface area contributed by atoms with Crippen molar-refractivity contribution in [1.82, 2.24) is 50.4 Å². The number of hydrogen-bond acceptors (Lipinski definition) is 12. The number of aromatic amines is 1. The van der Waals surface area contributed by atoms with Crippen LogP contribution < -0.4 is 29.9 Å². The molecule has 3 aliphatic heterocycles. The van der Waals surface area contributed by atoms with Gasteiger partial charge in [0.1, 0.15) is 48.4 Å². The van der Waals surface area contributed by atoms with Crippen molar-refractivity contribution >= 4 is 35.0 Å². The van der Waals surface area contributed by atoms with Gasteiger partial charge in [0.15, 0.2) is 0 Å². The zero-order valence-corrected chi connectivity index (χ0v) is 38.4. The second-order valence-electron chi connectivity index (χ2n) is 16.9. The first kappa shape index (κ1) is 45.8. The largest absolute Gasteiger partial charge is 0.489 e. The van der Waals surface area contributed by atoms with Crippen LogP contribution in [0.5, 0.6) is 11.5 Å². The van der Waals surface area contributed by atoms with E-state index in [1.807, 2.05) is 84.9 Å². The summed E-state index contributed by atoms with van der Waals surface area (Å²) in [6.07, 6.45) is 1.31. The van der Waals surface area contributed by atoms with E-state index in [1.54, 1.807) is 37.8 Å². The third-order valence-electron chi connectivity index (χ3n) is 12.1. The van der Waals surface area contributed by atoms with Crippen LogP contribution in [0.15, 0.2) is 103 Å². The Hall–Kier alpha value is -8.32. The lowest BCUT2D eigenvalue weighted by Crippen LogP contribution is -2.53. The maximum atomic E-state index is 13.7. The van der Waals surface area contributed by atoms with E-state index in [4.69, 9.17) is 9.47 Å². The van der Waals surface area contributed by atoms with Crippen LogP contribution in [-0.4, -0.2) is 142 Å². The van der Waals surface area contributed by atoms with Crippen molar-refractivity contribution in [2.24, 2.45) is 0 Å². The fourth-order valence-electron chi connectivity index (χ4n) is 8.16. The standard InChI is InChI=1S/C51H50N12O6/c1-34-45(55-48(64)46-52-33-63(58-46)31-38-14-8-5-9-15-38)51(67)60(3)41-29-37(19-21-43(41)69-34)17-11-23-62-26-24-61(25-27-62)22-10-16-36-18-20-42-40(28-36)59(2)50(66)39(32-68-42)53-49(65)47-54-44(56-57-47)30-35-12-6-4-7-13-35/h4-9,12-15,18-21,28-29,33-34,39,45H,22-27,30-32H2,1-3H3,(H,53,65)(H,55,64)(H,54,56,57)/t34-,39+,45+/m1/s1. The molecule has 1 fully saturated rings. The van der Waals surface area contributed by atoms with Gasteiger partial charge in [0.05, 0.1) is 31.0 Å². The van der Waals surface area contributed by atoms with E-state index >= 15 is 0 Å². The average molecular weight is 927 g/mol. The van der Waals surface area contributed by atoms with Gasteiger partial charge in [0.2, 0.25) is 11.6 Å². The highest BCUT2D eigenvalue weighted by Crippen LogP contribution is 2.34. The molecule has 0 unspecified atom stereocenters. The van der Waals surface area contributed by atoms with Crippen LogP contribution in [0.2, 0.25) is 0 Å². The Bertz CT molecular complexity index is 2980. The van der Waals surface area contributed by atoms with Gasteiger partial charge < -0.3 is 29.9 Å². The maximum Gasteiger partial charge on any atom is 0.291 e. The predicted octanol–water partition coefficient (Wildman–Crippen LogP) is 2.75. The van der Waals surface area contributed by atoms with Crippen molar-refractivity contribution in [1.29, 1.82) is 0 Å². The summed E-state index contributed by atoms with van der Waals surface area (Å²) in [5, 5.41) is 16.7. The van der Waals surface area contributed by atoms with E-state index < -0.39 is 30.0 Å². The van der Waals surface area contributed by atoms with Crippen LogP contribution in [0.4, 0.5) is 11.4 Å². The molecular weight excluding hydrogens is 877 g/mol. The van der Waals surface area contributed by atoms with Gasteiger partial charge >= 0.3 is 0 Å². The topological polar surface area (TPSA) is 196 Å². The Balaban J connectivity index is 0.731. The smallest absolute Gasteiger partial charge is 0.291 e. The summed E-state index contributed by atoms with van der Waals surface area (Å²) in [7, 11) is 3.30. The second kappa shape index (κ2) is 20.7. The minimum atomic E-state index is -0.975. The summed E-state index contributed by atoms with van der Waals surface area (Å²) in [6, 6.07) is 28.5. The van der Waals surface area contributed by atoms with Gasteiger partial charge in [0, 0.05) is 57.8 Å². The minimum absolute atomic E-state index is 0.0371. The van der Waals surface area contributed by atoms with Crippen molar-refractivity contribution in [2.45, 2.75) is 38.1 Å². The quantitative estimate of drug-likeness (QED) is 0.170. The Labute approximate surface area is 399 Å². The minimum Gasteiger partial charge on any atom is -0.489 e. The van der Waals surface area contributed by atoms with Crippen LogP contribution >= 0.6 is 0 Å². The molecule has 18 heteroatoms. The van der Waals surface area contributed by atoms with E-state index in [0.29, 0.717) is 54.8 Å². The fourth-order valence-corrected chi connectivity index (χ4v) is 8.16. The Kier molecular flexibility index (Phi) is 13.7. The Morgan fingerprint density at radius 3 is 2.00 bits per heavy atom. The van der Waals surface area contributed by atoms with E-state index in [2.05, 4.69) is 69.4 Å². The first-order valence-electron chi connectivity index (χ1n) is 22.6. The molecule has 0 spiro atoms. The number of carbonyl (C=O) groups excluding carboxylic acids is 4. The number of rotatable bonds is 10. The van der Waals surface area contributed by atoms with Crippen molar-refractivity contribution in [2.75, 3.05) is 69.8 Å². The number of fused-ring (bicyclic) bond motifs is 2. The SMILES string of the molecule is C[C@H]1Oc2ccc(C#CCN3CCN(CC#Cc4ccc5c(c4)N(C)C(=O)[C@@H](NC(=O)c4n[nH]c(Cc6ccccc6)n4)CO5)CC3)cc2N(C)C(=O)[C@H]1NC(=O)c1ncn(Cc2ccccc2)n1. The summed E-state index contributed by atoms with van der Waals surface area (Å²) < 4.78 is 13.8. The number of piperazine rings is 1. The number of amides is 4. The van der Waals surface area contributed by atoms with Crippen LogP contribution in [0.25, 0.3) is 0 Å². The summed E-state index contributed by atoms with van der Waals surface area (Å²) in [4.78, 5) is 69.5. The number of aromatic nitrogens is 6. The molecule has 0 saturated carbocycles. The molecule has 18 nitrogen and oxygen atoms in total. The van der Waals surface area contributed by atoms with Crippen LogP contribution in [0.3, 0.4) is 0 Å². The molecule has 1 saturated heterocycles. The lowest BCUT2D eigenvalue weighted by molar-refractivity contribution is -0.121. The molecule has 69 heavy (non-hydrogen) atoms. The van der Waals surface area contributed by atoms with Gasteiger partial charge in [-0.15, -0.1) is 10.2 Å². The third kappa shape index (κ3) is 10.9. The third-order valence-corrected chi connectivity index (χ3v) is 12.1. The molecule has 3 atom stereocenters. The number of likely N-dealkylation sites (N-methyl/N-ethyl adjacent to an activating group) is 2. The zero-order valence-electron chi connectivity index (χ0n) is 38.4. The van der Waals surface area contributed by atoms with Crippen LogP contribution in [0, 0.1) is 23.7 Å². The number of anilines is 2. The Morgan fingerprint density at radius 1 is 0.739 bits per heavy atom. The molecular formula is C51H50N12O6. The first-order chi connectivity index (χ1) is 33.5. The Morgan fingerprint density at radius 2 is 1.33 bits per heavy atom. The summed E-state index contributed by atoms with van der Waals surface area (Å²) >= 11 is 0. The molecule has 5 heterocycles. The molecule has 9 rings (SSSR count). The van der Waals surface area contributed by atoms with E-state index in [9.17, 15) is 19.2 Å². The predicted molar refractivity (Wildman–Crippen MR) is 256 cm³/mol. The average Bonchev–Trinajstić information content (AvgIpc) is 4.01. The van der Waals surface area contributed by atoms with E-state index in [0.717, 1.165) is 48.4 Å². The summed E-state index contributed by atoms with van der Waals surface area (Å²) in [6.45, 7) is 6.60. The molecule has 0 bridgehead atoms. The van der Waals surface area contributed by atoms with Crippen molar-refractivity contribution in [3.8, 4) is 35.2 Å². The highest BCUT2D eigenvalue weighted by atomic mass is 16.5. The van der Waals surface area contributed by atoms with Crippen LogP contribution in [-0.2, 0) is 22.6 Å². The van der Waals surface area contributed by atoms with Crippen LogP contribution in [0.1, 0.15) is 56.2 Å². The van der Waals surface area contributed by atoms with Crippen molar-refractivity contribution in [3.63, 3.8) is 0 Å². The molecule has 3 aliphatic rings. The number of nitrogens with one attached hydrogen (secondary N) is 3. The molecule has 6 aromatic rings. The van der Waals surface area contributed by atoms with Gasteiger partial charge in [-0.25, -0.2) is 14.6 Å². The first-order valence-corrected chi connectivity index (χ1v) is 22.6. The van der Waals surface area contributed by atoms with Crippen molar-refractivity contribution in [3.05, 3.63) is 143 Å². The second-order valence-corrected chi connectivity index (χ2v) is 16.9. The van der Waals surface area contributed by atoms with Gasteiger partial charge in [0.25, 0.3) is 23.6 Å². The molecule has 0 aliphatic carbocycles. The molecule has 4 amide bonds. The number of H-pyrrole nitrogens is 1. The number of carbonyl (C=O) groups is 4. The lowest BCUT2D eigenvalue weighted by atomic mass is 10.1. The normalized spacial score (nSPS) is 18.2. The molecule has 350 valence electrons. The number of benzene rings is 4. The monoisotopic (exact) mass is 926 g/mol. The lowest BCUT2D eigenvalue weighted by Gasteiger charge is -2.32. The number of nitrogens with zero attached hydrogens (tertiary/aromatic N) is 9. The van der Waals surface area contributed by atoms with Gasteiger partial charge in [-0.2, -0.15) is 0 Å². The van der Waals surface area contributed by atoms with Crippen molar-refractivity contribution < 1.29 is 28.7 Å². The maximum absolute atomic E-state index is 13.7. The number of hydrogen-bond donors (Lipinski definition) is 3. The zero-order chi connectivity index (χ0) is 47.9. The number of ether oxygens (including phenoxy) is 2. The van der Waals surface area contributed by atoms with E-state index in [-0.39, 0.29) is 30.1 Å². The molecule has 0 radical (unpaired) electrons.